The SMILES string of the molecule is COc1cccc(CC2CN(C(=O)COc3ccccc3O)CCO2)c1. The summed E-state index contributed by atoms with van der Waals surface area (Å²) < 4.78 is 16.5. The Morgan fingerprint density at radius 3 is 2.92 bits per heavy atom. The van der Waals surface area contributed by atoms with Crippen molar-refractivity contribution >= 4 is 5.91 Å². The molecule has 0 aromatic heterocycles. The van der Waals surface area contributed by atoms with E-state index < -0.39 is 0 Å². The minimum atomic E-state index is -0.118. The van der Waals surface area contributed by atoms with Crippen molar-refractivity contribution in [2.45, 2.75) is 12.5 Å². The van der Waals surface area contributed by atoms with Gasteiger partial charge in [0.05, 0.1) is 19.8 Å². The number of aromatic hydroxyl groups is 1. The Balaban J connectivity index is 1.54. The molecular formula is C20H23NO5. The molecule has 6 heteroatoms. The molecule has 1 heterocycles. The van der Waals surface area contributed by atoms with E-state index in [0.717, 1.165) is 11.3 Å². The molecule has 1 fully saturated rings. The quantitative estimate of drug-likeness (QED) is 0.859. The molecule has 1 amide bonds. The number of rotatable bonds is 6. The predicted octanol–water partition coefficient (Wildman–Crippen LogP) is 2.25. The normalized spacial score (nSPS) is 17.0. The van der Waals surface area contributed by atoms with Gasteiger partial charge in [-0.3, -0.25) is 4.79 Å². The minimum Gasteiger partial charge on any atom is -0.504 e. The third-order valence-corrected chi connectivity index (χ3v) is 4.31. The maximum Gasteiger partial charge on any atom is 0.260 e. The molecule has 3 rings (SSSR count). The van der Waals surface area contributed by atoms with Crippen LogP contribution in [0.1, 0.15) is 5.56 Å². The molecule has 1 unspecified atom stereocenters. The highest BCUT2D eigenvalue weighted by Gasteiger charge is 2.25. The second-order valence-electron chi connectivity index (χ2n) is 6.14. The first-order valence-corrected chi connectivity index (χ1v) is 8.59. The van der Waals surface area contributed by atoms with Crippen molar-refractivity contribution in [3.8, 4) is 17.2 Å². The molecule has 2 aromatic carbocycles. The van der Waals surface area contributed by atoms with Crippen molar-refractivity contribution in [3.63, 3.8) is 0 Å². The van der Waals surface area contributed by atoms with E-state index in [1.54, 1.807) is 30.2 Å². The van der Waals surface area contributed by atoms with Gasteiger partial charge in [-0.2, -0.15) is 0 Å². The molecule has 1 atom stereocenters. The number of phenols is 1. The van der Waals surface area contributed by atoms with Gasteiger partial charge < -0.3 is 24.2 Å². The molecule has 1 saturated heterocycles. The Morgan fingerprint density at radius 1 is 1.27 bits per heavy atom. The van der Waals surface area contributed by atoms with E-state index >= 15 is 0 Å². The van der Waals surface area contributed by atoms with Crippen LogP contribution in [0.3, 0.4) is 0 Å². The van der Waals surface area contributed by atoms with Crippen LogP contribution in [0.2, 0.25) is 0 Å². The Hall–Kier alpha value is -2.73. The molecule has 6 nitrogen and oxygen atoms in total. The van der Waals surface area contributed by atoms with Gasteiger partial charge in [-0.25, -0.2) is 0 Å². The molecule has 1 aliphatic heterocycles. The summed E-state index contributed by atoms with van der Waals surface area (Å²) in [4.78, 5) is 14.2. The molecule has 1 N–H and O–H groups in total. The van der Waals surface area contributed by atoms with Crippen molar-refractivity contribution in [2.24, 2.45) is 0 Å². The first-order valence-electron chi connectivity index (χ1n) is 8.59. The first kappa shape index (κ1) is 18.1. The van der Waals surface area contributed by atoms with Gasteiger partial charge in [-0.1, -0.05) is 24.3 Å². The summed E-state index contributed by atoms with van der Waals surface area (Å²) >= 11 is 0. The molecule has 0 aliphatic carbocycles. The Kier molecular flexibility index (Phi) is 5.96. The molecule has 1 aliphatic rings. The molecule has 138 valence electrons. The van der Waals surface area contributed by atoms with E-state index in [2.05, 4.69) is 0 Å². The lowest BCUT2D eigenvalue weighted by Crippen LogP contribution is -2.47. The largest absolute Gasteiger partial charge is 0.504 e. The number of hydrogen-bond donors (Lipinski definition) is 1. The molecule has 0 saturated carbocycles. The van der Waals surface area contributed by atoms with Gasteiger partial charge in [0.1, 0.15) is 5.75 Å². The number of benzene rings is 2. The molecule has 2 aromatic rings. The number of ether oxygens (including phenoxy) is 3. The summed E-state index contributed by atoms with van der Waals surface area (Å²) in [6, 6.07) is 14.5. The second-order valence-corrected chi connectivity index (χ2v) is 6.14. The zero-order valence-corrected chi connectivity index (χ0v) is 14.8. The van der Waals surface area contributed by atoms with E-state index in [1.165, 1.54) is 6.07 Å². The fourth-order valence-electron chi connectivity index (χ4n) is 2.94. The van der Waals surface area contributed by atoms with Crippen LogP contribution >= 0.6 is 0 Å². The summed E-state index contributed by atoms with van der Waals surface area (Å²) in [7, 11) is 1.64. The maximum atomic E-state index is 12.4. The number of amides is 1. The number of methoxy groups -OCH3 is 1. The number of nitrogens with zero attached hydrogens (tertiary/aromatic N) is 1. The van der Waals surface area contributed by atoms with E-state index in [1.807, 2.05) is 24.3 Å². The average Bonchev–Trinajstić information content (AvgIpc) is 2.67. The van der Waals surface area contributed by atoms with Crippen LogP contribution in [0.5, 0.6) is 17.2 Å². The van der Waals surface area contributed by atoms with Gasteiger partial charge in [0.25, 0.3) is 5.91 Å². The van der Waals surface area contributed by atoms with E-state index in [9.17, 15) is 9.90 Å². The van der Waals surface area contributed by atoms with Crippen LogP contribution in [0.15, 0.2) is 48.5 Å². The zero-order chi connectivity index (χ0) is 18.4. The minimum absolute atomic E-state index is 0.0261. The van der Waals surface area contributed by atoms with Crippen LogP contribution in [0, 0.1) is 0 Å². The van der Waals surface area contributed by atoms with E-state index in [-0.39, 0.29) is 24.4 Å². The molecular weight excluding hydrogens is 334 g/mol. The Bertz CT molecular complexity index is 748. The highest BCUT2D eigenvalue weighted by Crippen LogP contribution is 2.24. The van der Waals surface area contributed by atoms with Crippen LogP contribution in [-0.4, -0.2) is 55.4 Å². The number of carbonyl (C=O) groups excluding carboxylic acids is 1. The topological polar surface area (TPSA) is 68.2 Å². The summed E-state index contributed by atoms with van der Waals surface area (Å²) in [5.74, 6) is 1.02. The van der Waals surface area contributed by atoms with Crippen molar-refractivity contribution in [1.29, 1.82) is 0 Å². The number of carbonyl (C=O) groups is 1. The molecule has 0 spiro atoms. The summed E-state index contributed by atoms with van der Waals surface area (Å²) in [5.41, 5.74) is 1.11. The second kappa shape index (κ2) is 8.58. The number of hydrogen-bond acceptors (Lipinski definition) is 5. The highest BCUT2D eigenvalue weighted by atomic mass is 16.5. The van der Waals surface area contributed by atoms with E-state index in [0.29, 0.717) is 31.9 Å². The van der Waals surface area contributed by atoms with Crippen molar-refractivity contribution < 1.29 is 24.1 Å². The number of para-hydroxylation sites is 2. The number of phenolic OH excluding ortho intramolecular Hbond substituents is 1. The van der Waals surface area contributed by atoms with Crippen molar-refractivity contribution in [3.05, 3.63) is 54.1 Å². The standard InChI is InChI=1S/C20H23NO5/c1-24-16-6-4-5-15(11-16)12-17-13-21(9-10-25-17)20(23)14-26-19-8-3-2-7-18(19)22/h2-8,11,17,22H,9-10,12-14H2,1H3. The van der Waals surface area contributed by atoms with Gasteiger partial charge in [0.15, 0.2) is 18.1 Å². The summed E-state index contributed by atoms with van der Waals surface area (Å²) in [6.07, 6.45) is 0.645. The Morgan fingerprint density at radius 2 is 2.12 bits per heavy atom. The zero-order valence-electron chi connectivity index (χ0n) is 14.8. The van der Waals surface area contributed by atoms with Crippen molar-refractivity contribution in [1.82, 2.24) is 4.90 Å². The molecule has 0 bridgehead atoms. The third kappa shape index (κ3) is 4.67. The molecule has 0 radical (unpaired) electrons. The third-order valence-electron chi connectivity index (χ3n) is 4.31. The first-order chi connectivity index (χ1) is 12.7. The van der Waals surface area contributed by atoms with Gasteiger partial charge in [0, 0.05) is 19.5 Å². The lowest BCUT2D eigenvalue weighted by Gasteiger charge is -2.33. The fourth-order valence-corrected chi connectivity index (χ4v) is 2.94. The fraction of sp³-hybridized carbons (Fsp3) is 0.350. The lowest BCUT2D eigenvalue weighted by atomic mass is 10.1. The Labute approximate surface area is 152 Å². The monoisotopic (exact) mass is 357 g/mol. The summed E-state index contributed by atoms with van der Waals surface area (Å²) in [6.45, 7) is 1.44. The van der Waals surface area contributed by atoms with Crippen LogP contribution < -0.4 is 9.47 Å². The maximum absolute atomic E-state index is 12.4. The molecule has 26 heavy (non-hydrogen) atoms. The van der Waals surface area contributed by atoms with Crippen LogP contribution in [0.4, 0.5) is 0 Å². The van der Waals surface area contributed by atoms with Gasteiger partial charge >= 0.3 is 0 Å². The average molecular weight is 357 g/mol. The number of morpholine rings is 1. The van der Waals surface area contributed by atoms with Crippen molar-refractivity contribution in [2.75, 3.05) is 33.4 Å². The van der Waals surface area contributed by atoms with Gasteiger partial charge in [-0.15, -0.1) is 0 Å². The smallest absolute Gasteiger partial charge is 0.260 e. The summed E-state index contributed by atoms with van der Waals surface area (Å²) in [5, 5.41) is 9.70. The highest BCUT2D eigenvalue weighted by molar-refractivity contribution is 5.78. The van der Waals surface area contributed by atoms with Gasteiger partial charge in [-0.05, 0) is 29.8 Å². The lowest BCUT2D eigenvalue weighted by molar-refractivity contribution is -0.140. The van der Waals surface area contributed by atoms with Crippen LogP contribution in [0.25, 0.3) is 0 Å². The van der Waals surface area contributed by atoms with E-state index in [4.69, 9.17) is 14.2 Å². The predicted molar refractivity (Wildman–Crippen MR) is 96.6 cm³/mol. The van der Waals surface area contributed by atoms with Gasteiger partial charge in [0.2, 0.25) is 0 Å². The van der Waals surface area contributed by atoms with Crippen LogP contribution in [-0.2, 0) is 16.0 Å².